The van der Waals surface area contributed by atoms with Gasteiger partial charge in [-0.25, -0.2) is 0 Å². The first kappa shape index (κ1) is 16.2. The molecule has 1 N–H and O–H groups in total. The lowest BCUT2D eigenvalue weighted by molar-refractivity contribution is 0.302. The van der Waals surface area contributed by atoms with Crippen LogP contribution in [0.5, 0.6) is 5.75 Å². The molecule has 112 valence electrons. The second-order valence-electron chi connectivity index (χ2n) is 4.92. The molecular weight excluding hydrogens is 305 g/mol. The maximum absolute atomic E-state index is 6.23. The largest absolute Gasteiger partial charge is 0.489 e. The normalized spacial score (nSPS) is 10.7. The molecule has 2 rings (SSSR count). The first-order valence-corrected chi connectivity index (χ1v) is 7.72. The third-order valence-corrected chi connectivity index (χ3v) is 3.77. The predicted octanol–water partition coefficient (Wildman–Crippen LogP) is 4.99. The first-order valence-electron chi connectivity index (χ1n) is 6.97. The van der Waals surface area contributed by atoms with Gasteiger partial charge >= 0.3 is 0 Å². The quantitative estimate of drug-likeness (QED) is 0.808. The summed E-state index contributed by atoms with van der Waals surface area (Å²) in [5.41, 5.74) is 3.17. The van der Waals surface area contributed by atoms with Gasteiger partial charge in [-0.05, 0) is 43.3 Å². The van der Waals surface area contributed by atoms with Crippen LogP contribution in [0.1, 0.15) is 23.6 Å². The fourth-order valence-electron chi connectivity index (χ4n) is 2.01. The zero-order chi connectivity index (χ0) is 15.2. The average molecular weight is 324 g/mol. The minimum Gasteiger partial charge on any atom is -0.489 e. The van der Waals surface area contributed by atoms with Crippen molar-refractivity contribution < 1.29 is 4.74 Å². The highest BCUT2D eigenvalue weighted by Gasteiger charge is 2.07. The minimum absolute atomic E-state index is 0.444. The topological polar surface area (TPSA) is 21.3 Å². The average Bonchev–Trinajstić information content (AvgIpc) is 2.45. The van der Waals surface area contributed by atoms with Gasteiger partial charge in [0.15, 0.2) is 0 Å². The molecule has 4 heteroatoms. The molecule has 0 aliphatic heterocycles. The molecular formula is C17H19Cl2NO. The van der Waals surface area contributed by atoms with Crippen LogP contribution in [0.15, 0.2) is 36.4 Å². The summed E-state index contributed by atoms with van der Waals surface area (Å²) in [6.45, 7) is 6.16. The number of benzene rings is 2. The summed E-state index contributed by atoms with van der Waals surface area (Å²) in [6, 6.07) is 11.6. The van der Waals surface area contributed by atoms with Crippen LogP contribution in [-0.2, 0) is 13.2 Å². The predicted molar refractivity (Wildman–Crippen MR) is 89.4 cm³/mol. The van der Waals surface area contributed by atoms with Gasteiger partial charge in [0, 0.05) is 27.7 Å². The Balaban J connectivity index is 2.11. The Labute approximate surface area is 136 Å². The van der Waals surface area contributed by atoms with Gasteiger partial charge in [-0.3, -0.25) is 0 Å². The Morgan fingerprint density at radius 1 is 1.05 bits per heavy atom. The first-order chi connectivity index (χ1) is 10.1. The molecule has 0 unspecified atom stereocenters. The van der Waals surface area contributed by atoms with E-state index in [1.807, 2.05) is 43.3 Å². The molecule has 0 heterocycles. The van der Waals surface area contributed by atoms with E-state index in [1.54, 1.807) is 0 Å². The molecule has 0 fully saturated rings. The van der Waals surface area contributed by atoms with E-state index in [1.165, 1.54) is 0 Å². The highest BCUT2D eigenvalue weighted by Crippen LogP contribution is 2.25. The van der Waals surface area contributed by atoms with Gasteiger partial charge in [-0.1, -0.05) is 42.3 Å². The maximum Gasteiger partial charge on any atom is 0.124 e. The van der Waals surface area contributed by atoms with Crippen LogP contribution in [0.4, 0.5) is 0 Å². The van der Waals surface area contributed by atoms with Crippen molar-refractivity contribution in [1.82, 2.24) is 5.32 Å². The van der Waals surface area contributed by atoms with Crippen LogP contribution < -0.4 is 10.1 Å². The molecule has 0 atom stereocenters. The Kier molecular flexibility index (Phi) is 5.92. The minimum atomic E-state index is 0.444. The number of hydrogen-bond acceptors (Lipinski definition) is 2. The van der Waals surface area contributed by atoms with E-state index in [2.05, 4.69) is 12.2 Å². The van der Waals surface area contributed by atoms with Gasteiger partial charge in [0.2, 0.25) is 0 Å². The van der Waals surface area contributed by atoms with Crippen LogP contribution in [0.25, 0.3) is 0 Å². The zero-order valence-corrected chi connectivity index (χ0v) is 13.8. The van der Waals surface area contributed by atoms with Crippen molar-refractivity contribution in [2.75, 3.05) is 6.54 Å². The van der Waals surface area contributed by atoms with E-state index < -0.39 is 0 Å². The number of hydrogen-bond donors (Lipinski definition) is 1. The Bertz CT molecular complexity index is 614. The molecule has 0 spiro atoms. The van der Waals surface area contributed by atoms with E-state index >= 15 is 0 Å². The van der Waals surface area contributed by atoms with Gasteiger partial charge in [0.05, 0.1) is 0 Å². The van der Waals surface area contributed by atoms with Crippen molar-refractivity contribution in [2.24, 2.45) is 0 Å². The summed E-state index contributed by atoms with van der Waals surface area (Å²) in [5.74, 6) is 0.831. The number of halogens is 2. The fraction of sp³-hybridized carbons (Fsp3) is 0.294. The molecule has 0 aromatic heterocycles. The molecule has 0 radical (unpaired) electrons. The summed E-state index contributed by atoms with van der Waals surface area (Å²) in [6.07, 6.45) is 0. The van der Waals surface area contributed by atoms with E-state index in [4.69, 9.17) is 27.9 Å². The number of aryl methyl sites for hydroxylation is 1. The van der Waals surface area contributed by atoms with E-state index in [0.29, 0.717) is 11.6 Å². The van der Waals surface area contributed by atoms with Crippen LogP contribution in [0.3, 0.4) is 0 Å². The summed E-state index contributed by atoms with van der Waals surface area (Å²) in [7, 11) is 0. The summed E-state index contributed by atoms with van der Waals surface area (Å²) in [4.78, 5) is 0. The highest BCUT2D eigenvalue weighted by molar-refractivity contribution is 6.31. The highest BCUT2D eigenvalue weighted by atomic mass is 35.5. The van der Waals surface area contributed by atoms with Gasteiger partial charge in [0.1, 0.15) is 12.4 Å². The molecule has 2 aromatic carbocycles. The van der Waals surface area contributed by atoms with E-state index in [0.717, 1.165) is 40.6 Å². The van der Waals surface area contributed by atoms with Gasteiger partial charge in [0.25, 0.3) is 0 Å². The molecule has 0 saturated heterocycles. The van der Waals surface area contributed by atoms with Crippen molar-refractivity contribution in [3.05, 3.63) is 63.1 Å². The van der Waals surface area contributed by atoms with Crippen molar-refractivity contribution in [1.29, 1.82) is 0 Å². The van der Waals surface area contributed by atoms with Crippen LogP contribution in [0.2, 0.25) is 10.0 Å². The lowest BCUT2D eigenvalue weighted by Crippen LogP contribution is -2.13. The molecule has 0 saturated carbocycles. The maximum atomic E-state index is 6.23. The zero-order valence-electron chi connectivity index (χ0n) is 12.2. The number of nitrogens with one attached hydrogen (secondary N) is 1. The van der Waals surface area contributed by atoms with Crippen LogP contribution in [-0.4, -0.2) is 6.54 Å². The molecule has 0 bridgehead atoms. The molecule has 0 aliphatic rings. The van der Waals surface area contributed by atoms with Crippen LogP contribution in [0, 0.1) is 6.92 Å². The molecule has 2 nitrogen and oxygen atoms in total. The molecule has 2 aromatic rings. The molecule has 0 amide bonds. The Morgan fingerprint density at radius 2 is 1.86 bits per heavy atom. The Morgan fingerprint density at radius 3 is 2.57 bits per heavy atom. The summed E-state index contributed by atoms with van der Waals surface area (Å²) < 4.78 is 5.91. The van der Waals surface area contributed by atoms with Crippen LogP contribution >= 0.6 is 23.2 Å². The summed E-state index contributed by atoms with van der Waals surface area (Å²) in [5, 5.41) is 4.73. The van der Waals surface area contributed by atoms with Gasteiger partial charge in [-0.15, -0.1) is 0 Å². The van der Waals surface area contributed by atoms with Crippen molar-refractivity contribution in [3.8, 4) is 5.75 Å². The molecule has 21 heavy (non-hydrogen) atoms. The van der Waals surface area contributed by atoms with Crippen molar-refractivity contribution in [2.45, 2.75) is 27.0 Å². The third-order valence-electron chi connectivity index (χ3n) is 3.18. The lowest BCUT2D eigenvalue weighted by atomic mass is 10.1. The van der Waals surface area contributed by atoms with Gasteiger partial charge < -0.3 is 10.1 Å². The smallest absolute Gasteiger partial charge is 0.124 e. The van der Waals surface area contributed by atoms with Gasteiger partial charge in [-0.2, -0.15) is 0 Å². The standard InChI is InChI=1S/C17H19Cl2NO/c1-3-20-10-14-9-15(18)6-7-17(14)21-11-13-5-4-12(2)8-16(13)19/h4-9,20H,3,10-11H2,1-2H3. The second kappa shape index (κ2) is 7.69. The third kappa shape index (κ3) is 4.63. The van der Waals surface area contributed by atoms with Crippen molar-refractivity contribution in [3.63, 3.8) is 0 Å². The SMILES string of the molecule is CCNCc1cc(Cl)ccc1OCc1ccc(C)cc1Cl. The fourth-order valence-corrected chi connectivity index (χ4v) is 2.50. The molecule has 0 aliphatic carbocycles. The lowest BCUT2D eigenvalue weighted by Gasteiger charge is -2.13. The van der Waals surface area contributed by atoms with E-state index in [-0.39, 0.29) is 0 Å². The second-order valence-corrected chi connectivity index (χ2v) is 5.76. The number of rotatable bonds is 6. The summed E-state index contributed by atoms with van der Waals surface area (Å²) >= 11 is 12.3. The monoisotopic (exact) mass is 323 g/mol. The Hall–Kier alpha value is -1.22. The van der Waals surface area contributed by atoms with E-state index in [9.17, 15) is 0 Å². The van der Waals surface area contributed by atoms with Crippen molar-refractivity contribution >= 4 is 23.2 Å². The number of ether oxygens (including phenoxy) is 1.